The summed E-state index contributed by atoms with van der Waals surface area (Å²) in [4.78, 5) is 14.1. The van der Waals surface area contributed by atoms with E-state index in [-0.39, 0.29) is 5.41 Å². The van der Waals surface area contributed by atoms with Gasteiger partial charge in [0.05, 0.1) is 0 Å². The first-order chi connectivity index (χ1) is 6.64. The molecular weight excluding hydrogens is 174 g/mol. The Morgan fingerprint density at radius 3 is 2.57 bits per heavy atom. The largest absolute Gasteiger partial charge is 0.345 e. The molecule has 14 heavy (non-hydrogen) atoms. The topological polar surface area (TPSA) is 20.3 Å². The van der Waals surface area contributed by atoms with E-state index in [9.17, 15) is 4.79 Å². The van der Waals surface area contributed by atoms with Crippen LogP contribution in [0.2, 0.25) is 0 Å². The van der Waals surface area contributed by atoms with Crippen molar-refractivity contribution in [2.75, 3.05) is 13.6 Å². The Hall–Kier alpha value is -0.530. The van der Waals surface area contributed by atoms with Crippen LogP contribution >= 0.6 is 0 Å². The average molecular weight is 195 g/mol. The van der Waals surface area contributed by atoms with Crippen molar-refractivity contribution >= 4 is 5.91 Å². The highest BCUT2D eigenvalue weighted by molar-refractivity contribution is 5.83. The number of likely N-dealkylation sites (tertiary alicyclic amines) is 1. The summed E-state index contributed by atoms with van der Waals surface area (Å²) < 4.78 is 0. The van der Waals surface area contributed by atoms with Crippen molar-refractivity contribution in [3.8, 4) is 0 Å². The van der Waals surface area contributed by atoms with Gasteiger partial charge in [-0.15, -0.1) is 0 Å². The third-order valence-corrected chi connectivity index (χ3v) is 4.18. The lowest BCUT2D eigenvalue weighted by atomic mass is 9.66. The first-order valence-corrected chi connectivity index (χ1v) is 5.90. The summed E-state index contributed by atoms with van der Waals surface area (Å²) in [6.07, 6.45) is 7.12. The molecule has 2 nitrogen and oxygen atoms in total. The zero-order valence-corrected chi connectivity index (χ0v) is 9.38. The Balaban J connectivity index is 2.10. The molecule has 0 radical (unpaired) electrons. The Morgan fingerprint density at radius 1 is 1.29 bits per heavy atom. The van der Waals surface area contributed by atoms with Crippen LogP contribution in [0.1, 0.15) is 45.4 Å². The van der Waals surface area contributed by atoms with Crippen molar-refractivity contribution in [1.29, 1.82) is 0 Å². The standard InChI is InChI=1S/C12H21NO/c1-10-4-7-12(8-5-10)6-3-9-13(2)11(12)14/h10H,3-9H2,1-2H3. The molecule has 0 aromatic carbocycles. The third-order valence-electron chi connectivity index (χ3n) is 4.18. The zero-order valence-electron chi connectivity index (χ0n) is 9.38. The SMILES string of the molecule is CC1CCC2(CCCN(C)C2=O)CC1. The van der Waals surface area contributed by atoms with Crippen LogP contribution < -0.4 is 0 Å². The normalized spacial score (nSPS) is 39.1. The van der Waals surface area contributed by atoms with Crippen molar-refractivity contribution < 1.29 is 4.79 Å². The number of hydrogen-bond acceptors (Lipinski definition) is 1. The lowest BCUT2D eigenvalue weighted by Crippen LogP contribution is -2.48. The molecule has 2 rings (SSSR count). The van der Waals surface area contributed by atoms with Gasteiger partial charge in [-0.1, -0.05) is 6.92 Å². The van der Waals surface area contributed by atoms with Crippen molar-refractivity contribution in [3.63, 3.8) is 0 Å². The van der Waals surface area contributed by atoms with Gasteiger partial charge in [0.15, 0.2) is 0 Å². The highest BCUT2D eigenvalue weighted by Gasteiger charge is 2.44. The maximum atomic E-state index is 12.1. The van der Waals surface area contributed by atoms with E-state index >= 15 is 0 Å². The summed E-state index contributed by atoms with van der Waals surface area (Å²) in [6.45, 7) is 3.28. The first-order valence-electron chi connectivity index (χ1n) is 5.90. The van der Waals surface area contributed by atoms with E-state index in [4.69, 9.17) is 0 Å². The second kappa shape index (κ2) is 3.56. The number of rotatable bonds is 0. The molecule has 0 aromatic heterocycles. The van der Waals surface area contributed by atoms with E-state index in [1.54, 1.807) is 0 Å². The van der Waals surface area contributed by atoms with Crippen molar-refractivity contribution in [2.24, 2.45) is 11.3 Å². The average Bonchev–Trinajstić information content (AvgIpc) is 2.19. The Labute approximate surface area is 86.7 Å². The highest BCUT2D eigenvalue weighted by atomic mass is 16.2. The lowest BCUT2D eigenvalue weighted by Gasteiger charge is -2.44. The molecule has 1 aliphatic carbocycles. The van der Waals surface area contributed by atoms with Crippen LogP contribution in [0.3, 0.4) is 0 Å². The molecular formula is C12H21NO. The van der Waals surface area contributed by atoms with Gasteiger partial charge >= 0.3 is 0 Å². The van der Waals surface area contributed by atoms with Gasteiger partial charge in [0.2, 0.25) is 5.91 Å². The summed E-state index contributed by atoms with van der Waals surface area (Å²) in [6, 6.07) is 0. The number of hydrogen-bond donors (Lipinski definition) is 0. The van der Waals surface area contributed by atoms with Gasteiger partial charge in [0.1, 0.15) is 0 Å². The summed E-state index contributed by atoms with van der Waals surface area (Å²) in [5, 5.41) is 0. The van der Waals surface area contributed by atoms with E-state index in [0.717, 1.165) is 31.7 Å². The van der Waals surface area contributed by atoms with Crippen molar-refractivity contribution in [3.05, 3.63) is 0 Å². The van der Waals surface area contributed by atoms with E-state index < -0.39 is 0 Å². The van der Waals surface area contributed by atoms with Crippen LogP contribution in [0.25, 0.3) is 0 Å². The summed E-state index contributed by atoms with van der Waals surface area (Å²) >= 11 is 0. The second-order valence-corrected chi connectivity index (χ2v) is 5.29. The van der Waals surface area contributed by atoms with Crippen LogP contribution in [0.4, 0.5) is 0 Å². The number of carbonyl (C=O) groups is 1. The van der Waals surface area contributed by atoms with Crippen LogP contribution in [0.5, 0.6) is 0 Å². The smallest absolute Gasteiger partial charge is 0.228 e. The Kier molecular flexibility index (Phi) is 2.54. The van der Waals surface area contributed by atoms with Gasteiger partial charge in [-0.05, 0) is 44.4 Å². The molecule has 1 aliphatic heterocycles. The molecule has 1 saturated heterocycles. The molecule has 2 heteroatoms. The fourth-order valence-electron chi connectivity index (χ4n) is 3.05. The number of nitrogens with zero attached hydrogens (tertiary/aromatic N) is 1. The molecule has 0 atom stereocenters. The minimum Gasteiger partial charge on any atom is -0.345 e. The van der Waals surface area contributed by atoms with Gasteiger partial charge in [-0.3, -0.25) is 4.79 Å². The summed E-state index contributed by atoms with van der Waals surface area (Å²) in [7, 11) is 1.96. The molecule has 2 fully saturated rings. The van der Waals surface area contributed by atoms with Crippen LogP contribution in [0.15, 0.2) is 0 Å². The molecule has 0 aromatic rings. The lowest BCUT2D eigenvalue weighted by molar-refractivity contribution is -0.147. The van der Waals surface area contributed by atoms with Gasteiger partial charge < -0.3 is 4.90 Å². The molecule has 0 bridgehead atoms. The highest BCUT2D eigenvalue weighted by Crippen LogP contribution is 2.45. The second-order valence-electron chi connectivity index (χ2n) is 5.29. The van der Waals surface area contributed by atoms with Crippen LogP contribution in [-0.4, -0.2) is 24.4 Å². The van der Waals surface area contributed by atoms with Crippen molar-refractivity contribution in [1.82, 2.24) is 4.90 Å². The maximum absolute atomic E-state index is 12.1. The minimum absolute atomic E-state index is 0.0551. The van der Waals surface area contributed by atoms with E-state index in [0.29, 0.717) is 5.91 Å². The zero-order chi connectivity index (χ0) is 10.2. The fourth-order valence-corrected chi connectivity index (χ4v) is 3.05. The van der Waals surface area contributed by atoms with Gasteiger partial charge in [0, 0.05) is 19.0 Å². The predicted molar refractivity (Wildman–Crippen MR) is 56.9 cm³/mol. The fraction of sp³-hybridized carbons (Fsp3) is 0.917. The van der Waals surface area contributed by atoms with Gasteiger partial charge in [-0.2, -0.15) is 0 Å². The third kappa shape index (κ3) is 1.55. The van der Waals surface area contributed by atoms with Gasteiger partial charge in [0.25, 0.3) is 0 Å². The van der Waals surface area contributed by atoms with Gasteiger partial charge in [-0.25, -0.2) is 0 Å². The monoisotopic (exact) mass is 195 g/mol. The first kappa shape index (κ1) is 10.0. The van der Waals surface area contributed by atoms with E-state index in [1.165, 1.54) is 19.3 Å². The molecule has 1 amide bonds. The predicted octanol–water partition coefficient (Wildman–Crippen LogP) is 2.44. The molecule has 2 aliphatic rings. The molecule has 0 N–H and O–H groups in total. The molecule has 1 saturated carbocycles. The van der Waals surface area contributed by atoms with E-state index in [2.05, 4.69) is 6.92 Å². The quantitative estimate of drug-likeness (QED) is 0.581. The summed E-state index contributed by atoms with van der Waals surface area (Å²) in [5.74, 6) is 1.26. The van der Waals surface area contributed by atoms with E-state index in [1.807, 2.05) is 11.9 Å². The van der Waals surface area contributed by atoms with Crippen LogP contribution in [-0.2, 0) is 4.79 Å². The summed E-state index contributed by atoms with van der Waals surface area (Å²) in [5.41, 5.74) is 0.0551. The number of amides is 1. The molecule has 0 unspecified atom stereocenters. The maximum Gasteiger partial charge on any atom is 0.228 e. The number of carbonyl (C=O) groups excluding carboxylic acids is 1. The van der Waals surface area contributed by atoms with Crippen molar-refractivity contribution in [2.45, 2.75) is 45.4 Å². The number of piperidine rings is 1. The minimum atomic E-state index is 0.0551. The molecule has 1 heterocycles. The molecule has 1 spiro atoms. The Morgan fingerprint density at radius 2 is 1.93 bits per heavy atom. The van der Waals surface area contributed by atoms with Crippen LogP contribution in [0, 0.1) is 11.3 Å². The molecule has 80 valence electrons. The Bertz CT molecular complexity index is 228.